The van der Waals surface area contributed by atoms with E-state index < -0.39 is 5.97 Å². The number of esters is 1. The van der Waals surface area contributed by atoms with E-state index in [0.29, 0.717) is 24.9 Å². The highest BCUT2D eigenvalue weighted by Crippen LogP contribution is 2.50. The Kier molecular flexibility index (Phi) is 8.93. The minimum atomic E-state index is -0.491. The van der Waals surface area contributed by atoms with E-state index in [-0.39, 0.29) is 11.6 Å². The van der Waals surface area contributed by atoms with E-state index in [9.17, 15) is 4.79 Å². The third-order valence-electron chi connectivity index (χ3n) is 7.31. The number of hydrogen-bond donors (Lipinski definition) is 0. The van der Waals surface area contributed by atoms with Gasteiger partial charge in [0.25, 0.3) is 0 Å². The van der Waals surface area contributed by atoms with Crippen molar-refractivity contribution in [3.8, 4) is 5.75 Å². The van der Waals surface area contributed by atoms with Gasteiger partial charge >= 0.3 is 5.97 Å². The fraction of sp³-hybridized carbons (Fsp3) is 0.438. The first-order valence-corrected chi connectivity index (χ1v) is 13.7. The molecular weight excluding hydrogens is 476 g/mol. The monoisotopic (exact) mass is 516 g/mol. The van der Waals surface area contributed by atoms with Gasteiger partial charge in [0.05, 0.1) is 19.4 Å². The third-order valence-corrected chi connectivity index (χ3v) is 7.31. The molecule has 0 radical (unpaired) electrons. The molecule has 0 N–H and O–H groups in total. The lowest BCUT2D eigenvalue weighted by Crippen LogP contribution is -2.31. The largest absolute Gasteiger partial charge is 0.493 e. The number of fused-ring (bicyclic) bond motifs is 1. The van der Waals surface area contributed by atoms with E-state index in [2.05, 4.69) is 20.8 Å². The minimum Gasteiger partial charge on any atom is -0.493 e. The molecule has 2 aromatic carbocycles. The van der Waals surface area contributed by atoms with Crippen LogP contribution in [0.15, 0.2) is 59.3 Å². The van der Waals surface area contributed by atoms with E-state index in [1.807, 2.05) is 62.4 Å². The van der Waals surface area contributed by atoms with Crippen LogP contribution < -0.4 is 4.74 Å². The van der Waals surface area contributed by atoms with Crippen LogP contribution in [0.25, 0.3) is 11.5 Å². The number of benzene rings is 2. The lowest BCUT2D eigenvalue weighted by Gasteiger charge is -2.37. The zero-order valence-electron chi connectivity index (χ0n) is 23.5. The molecule has 6 nitrogen and oxygen atoms in total. The fourth-order valence-electron chi connectivity index (χ4n) is 4.75. The van der Waals surface area contributed by atoms with Crippen molar-refractivity contribution in [2.75, 3.05) is 13.7 Å². The maximum absolute atomic E-state index is 13.4. The van der Waals surface area contributed by atoms with Gasteiger partial charge < -0.3 is 14.2 Å². The van der Waals surface area contributed by atoms with Gasteiger partial charge in [-0.1, -0.05) is 63.6 Å². The van der Waals surface area contributed by atoms with Crippen molar-refractivity contribution in [1.29, 1.82) is 0 Å². The predicted molar refractivity (Wildman–Crippen MR) is 152 cm³/mol. The van der Waals surface area contributed by atoms with Crippen molar-refractivity contribution in [2.45, 2.75) is 72.8 Å². The molecule has 0 bridgehead atoms. The number of hydrogen-bond acceptors (Lipinski definition) is 6. The summed E-state index contributed by atoms with van der Waals surface area (Å²) in [5.74, 6) is 1.48. The third kappa shape index (κ3) is 5.50. The summed E-state index contributed by atoms with van der Waals surface area (Å²) in [7, 11) is 1.40. The van der Waals surface area contributed by atoms with E-state index in [1.54, 1.807) is 5.01 Å². The minimum absolute atomic E-state index is 0.201. The van der Waals surface area contributed by atoms with Crippen LogP contribution in [0, 0.1) is 5.92 Å². The second-order valence-corrected chi connectivity index (χ2v) is 10.2. The highest BCUT2D eigenvalue weighted by atomic mass is 16.5. The van der Waals surface area contributed by atoms with Crippen LogP contribution >= 0.6 is 0 Å². The number of methoxy groups -OCH3 is 1. The molecular formula is C32H40N2O4. The molecule has 2 aliphatic rings. The SMILES string of the molecule is C/C=C1\c2c(ccc(OCCC)c2C2CCC2)C(OCc2ccccc2)=C(C(=O)OC)N1/N=C(\C)C(C)C. The van der Waals surface area contributed by atoms with Gasteiger partial charge in [0.1, 0.15) is 12.4 Å². The van der Waals surface area contributed by atoms with Crippen LogP contribution in [0.1, 0.15) is 88.5 Å². The molecule has 1 fully saturated rings. The van der Waals surface area contributed by atoms with Crippen LogP contribution in [0.5, 0.6) is 5.75 Å². The van der Waals surface area contributed by atoms with Crippen molar-refractivity contribution in [3.63, 3.8) is 0 Å². The number of nitrogens with zero attached hydrogens (tertiary/aromatic N) is 2. The van der Waals surface area contributed by atoms with Crippen molar-refractivity contribution in [1.82, 2.24) is 5.01 Å². The Morgan fingerprint density at radius 1 is 1.13 bits per heavy atom. The standard InChI is InChI=1S/C32H40N2O4/c1-7-19-37-27-18-17-25-29(28(27)24-15-12-16-24)26(8-2)34(33-22(5)21(3)4)30(32(35)36-6)31(25)38-20-23-13-10-9-11-14-23/h8-11,13-14,17-18,21,24H,7,12,15-16,19-20H2,1-6H3/b26-8+,33-22+. The number of carbonyl (C=O) groups is 1. The Labute approximate surface area is 227 Å². The van der Waals surface area contributed by atoms with Gasteiger partial charge in [-0.15, -0.1) is 0 Å². The Bertz CT molecular complexity index is 1240. The molecule has 4 rings (SSSR count). The summed E-state index contributed by atoms with van der Waals surface area (Å²) in [5, 5.41) is 6.71. The van der Waals surface area contributed by atoms with Gasteiger partial charge in [0, 0.05) is 22.4 Å². The zero-order chi connectivity index (χ0) is 27.2. The summed E-state index contributed by atoms with van der Waals surface area (Å²) in [5.41, 5.74) is 6.12. The normalized spacial score (nSPS) is 17.0. The molecule has 0 spiro atoms. The summed E-state index contributed by atoms with van der Waals surface area (Å²) >= 11 is 0. The van der Waals surface area contributed by atoms with Gasteiger partial charge in [-0.3, -0.25) is 0 Å². The fourth-order valence-corrected chi connectivity index (χ4v) is 4.75. The van der Waals surface area contributed by atoms with Gasteiger partial charge in [0.2, 0.25) is 0 Å². The molecule has 0 atom stereocenters. The quantitative estimate of drug-likeness (QED) is 0.242. The van der Waals surface area contributed by atoms with Crippen LogP contribution in [0.3, 0.4) is 0 Å². The molecule has 0 amide bonds. The Morgan fingerprint density at radius 3 is 2.45 bits per heavy atom. The molecule has 1 heterocycles. The van der Waals surface area contributed by atoms with Crippen molar-refractivity contribution in [2.24, 2.45) is 11.0 Å². The van der Waals surface area contributed by atoms with Gasteiger partial charge in [-0.2, -0.15) is 5.10 Å². The Balaban J connectivity index is 1.99. The predicted octanol–water partition coefficient (Wildman–Crippen LogP) is 7.51. The smallest absolute Gasteiger partial charge is 0.360 e. The van der Waals surface area contributed by atoms with Gasteiger partial charge in [0.15, 0.2) is 11.5 Å². The number of carbonyl (C=O) groups excluding carboxylic acids is 1. The van der Waals surface area contributed by atoms with Crippen molar-refractivity contribution < 1.29 is 19.0 Å². The maximum Gasteiger partial charge on any atom is 0.360 e. The first kappa shape index (κ1) is 27.5. The number of ether oxygens (including phenoxy) is 3. The lowest BCUT2D eigenvalue weighted by molar-refractivity contribution is -0.137. The highest BCUT2D eigenvalue weighted by Gasteiger charge is 2.39. The second-order valence-electron chi connectivity index (χ2n) is 10.2. The first-order chi connectivity index (χ1) is 18.4. The average molecular weight is 517 g/mol. The van der Waals surface area contributed by atoms with Crippen LogP contribution in [-0.2, 0) is 20.9 Å². The second kappa shape index (κ2) is 12.3. The molecule has 202 valence electrons. The molecule has 1 aliphatic carbocycles. The maximum atomic E-state index is 13.4. The van der Waals surface area contributed by atoms with Crippen molar-refractivity contribution in [3.05, 3.63) is 76.5 Å². The average Bonchev–Trinajstić information content (AvgIpc) is 2.90. The first-order valence-electron chi connectivity index (χ1n) is 13.7. The van der Waals surface area contributed by atoms with E-state index in [1.165, 1.54) is 19.1 Å². The molecule has 1 aliphatic heterocycles. The van der Waals surface area contributed by atoms with Crippen molar-refractivity contribution >= 4 is 23.1 Å². The summed E-state index contributed by atoms with van der Waals surface area (Å²) in [4.78, 5) is 13.4. The Hall–Kier alpha value is -3.54. The molecule has 0 saturated heterocycles. The molecule has 6 heteroatoms. The summed E-state index contributed by atoms with van der Waals surface area (Å²) < 4.78 is 18.1. The summed E-state index contributed by atoms with van der Waals surface area (Å²) in [6.45, 7) is 11.2. The molecule has 0 aromatic heterocycles. The Morgan fingerprint density at radius 2 is 1.87 bits per heavy atom. The summed E-state index contributed by atoms with van der Waals surface area (Å²) in [6, 6.07) is 14.0. The van der Waals surface area contributed by atoms with Gasteiger partial charge in [-0.05, 0) is 62.6 Å². The molecule has 38 heavy (non-hydrogen) atoms. The van der Waals surface area contributed by atoms with Crippen LogP contribution in [-0.4, -0.2) is 30.4 Å². The number of rotatable bonds is 10. The molecule has 0 unspecified atom stereocenters. The van der Waals surface area contributed by atoms with E-state index >= 15 is 0 Å². The topological polar surface area (TPSA) is 60.4 Å². The number of allylic oxidation sites excluding steroid dienone is 1. The van der Waals surface area contributed by atoms with Crippen LogP contribution in [0.2, 0.25) is 0 Å². The lowest BCUT2D eigenvalue weighted by atomic mass is 9.75. The molecule has 1 saturated carbocycles. The number of hydrazone groups is 1. The highest BCUT2D eigenvalue weighted by molar-refractivity contribution is 6.02. The van der Waals surface area contributed by atoms with E-state index in [4.69, 9.17) is 19.3 Å². The van der Waals surface area contributed by atoms with Crippen LogP contribution in [0.4, 0.5) is 0 Å². The molecule has 2 aromatic rings. The zero-order valence-corrected chi connectivity index (χ0v) is 23.5. The van der Waals surface area contributed by atoms with Gasteiger partial charge in [-0.25, -0.2) is 9.80 Å². The summed E-state index contributed by atoms with van der Waals surface area (Å²) in [6.07, 6.45) is 6.37. The van der Waals surface area contributed by atoms with E-state index in [0.717, 1.165) is 53.1 Å².